The minimum Gasteiger partial charge on any atom is -0.396 e. The van der Waals surface area contributed by atoms with Crippen molar-refractivity contribution in [3.8, 4) is 10.6 Å². The number of benzene rings is 1. The van der Waals surface area contributed by atoms with Gasteiger partial charge in [-0.25, -0.2) is 0 Å². The molecular weight excluding hydrogens is 242 g/mol. The highest BCUT2D eigenvalue weighted by Crippen LogP contribution is 2.35. The highest BCUT2D eigenvalue weighted by Gasteiger charge is 2.11. The highest BCUT2D eigenvalue weighted by atomic mass is 32.1. The van der Waals surface area contributed by atoms with Crippen molar-refractivity contribution in [3.63, 3.8) is 0 Å². The molecule has 2 N–H and O–H groups in total. The Balaban J connectivity index is 2.08. The molecule has 2 aromatic heterocycles. The summed E-state index contributed by atoms with van der Waals surface area (Å²) in [6.45, 7) is 3.05. The quantitative estimate of drug-likeness (QED) is 0.776. The molecule has 4 heteroatoms. The number of nitrogens with zero attached hydrogens (tertiary/aromatic N) is 2. The second-order valence-electron chi connectivity index (χ2n) is 4.34. The van der Waals surface area contributed by atoms with Crippen LogP contribution >= 0.6 is 11.3 Å². The van der Waals surface area contributed by atoms with Crippen LogP contribution in [0.25, 0.3) is 20.7 Å². The van der Waals surface area contributed by atoms with E-state index in [1.165, 1.54) is 10.1 Å². The van der Waals surface area contributed by atoms with Gasteiger partial charge < -0.3 is 5.73 Å². The molecule has 0 aliphatic heterocycles. The van der Waals surface area contributed by atoms with E-state index >= 15 is 0 Å². The predicted molar refractivity (Wildman–Crippen MR) is 77.7 cm³/mol. The van der Waals surface area contributed by atoms with Crippen LogP contribution in [0.3, 0.4) is 0 Å². The molecule has 0 aliphatic carbocycles. The van der Waals surface area contributed by atoms with Gasteiger partial charge in [0.1, 0.15) is 5.69 Å². The van der Waals surface area contributed by atoms with Crippen LogP contribution in [0.1, 0.15) is 13.3 Å². The van der Waals surface area contributed by atoms with Crippen molar-refractivity contribution in [3.05, 3.63) is 36.5 Å². The number of rotatable bonds is 3. The first-order chi connectivity index (χ1) is 8.78. The molecule has 0 saturated carbocycles. The van der Waals surface area contributed by atoms with Crippen molar-refractivity contribution in [2.24, 2.45) is 0 Å². The molecule has 3 nitrogen and oxygen atoms in total. The van der Waals surface area contributed by atoms with Crippen LogP contribution in [0.5, 0.6) is 0 Å². The fourth-order valence-electron chi connectivity index (χ4n) is 2.07. The second-order valence-corrected chi connectivity index (χ2v) is 5.43. The molecular formula is C14H15N3S. The zero-order chi connectivity index (χ0) is 12.5. The number of nitrogen functional groups attached to an aromatic ring is 1. The lowest BCUT2D eigenvalue weighted by molar-refractivity contribution is 0.605. The summed E-state index contributed by atoms with van der Waals surface area (Å²) < 4.78 is 3.20. The van der Waals surface area contributed by atoms with Crippen LogP contribution in [-0.2, 0) is 6.54 Å². The molecule has 0 radical (unpaired) electrons. The number of aromatic nitrogens is 2. The lowest BCUT2D eigenvalue weighted by Crippen LogP contribution is -1.96. The summed E-state index contributed by atoms with van der Waals surface area (Å²) in [4.78, 5) is 1.14. The van der Waals surface area contributed by atoms with Crippen molar-refractivity contribution < 1.29 is 0 Å². The van der Waals surface area contributed by atoms with Crippen molar-refractivity contribution in [2.45, 2.75) is 19.9 Å². The van der Waals surface area contributed by atoms with E-state index in [1.54, 1.807) is 11.3 Å². The van der Waals surface area contributed by atoms with Crippen molar-refractivity contribution in [1.82, 2.24) is 9.78 Å². The normalized spacial score (nSPS) is 11.2. The fourth-order valence-corrected chi connectivity index (χ4v) is 3.14. The van der Waals surface area contributed by atoms with Crippen LogP contribution in [0, 0.1) is 0 Å². The van der Waals surface area contributed by atoms with E-state index in [0.29, 0.717) is 0 Å². The summed E-state index contributed by atoms with van der Waals surface area (Å²) in [5.74, 6) is 0. The topological polar surface area (TPSA) is 43.8 Å². The van der Waals surface area contributed by atoms with Crippen molar-refractivity contribution in [1.29, 1.82) is 0 Å². The molecule has 0 aliphatic rings. The third-order valence-corrected chi connectivity index (χ3v) is 4.02. The predicted octanol–water partition coefficient (Wildman–Crippen LogP) is 3.76. The van der Waals surface area contributed by atoms with Crippen LogP contribution in [-0.4, -0.2) is 9.78 Å². The first kappa shape index (κ1) is 11.3. The molecule has 0 amide bonds. The number of anilines is 1. The molecule has 3 rings (SSSR count). The average Bonchev–Trinajstić information content (AvgIpc) is 2.92. The third kappa shape index (κ3) is 1.88. The van der Waals surface area contributed by atoms with Gasteiger partial charge in [-0.2, -0.15) is 5.10 Å². The molecule has 3 aromatic rings. The fraction of sp³-hybridized carbons (Fsp3) is 0.214. The minimum atomic E-state index is 0.759. The first-order valence-electron chi connectivity index (χ1n) is 6.10. The first-order valence-corrected chi connectivity index (χ1v) is 6.91. The van der Waals surface area contributed by atoms with E-state index < -0.39 is 0 Å². The van der Waals surface area contributed by atoms with E-state index in [2.05, 4.69) is 42.4 Å². The minimum absolute atomic E-state index is 0.759. The Morgan fingerprint density at radius 1 is 1.33 bits per heavy atom. The summed E-state index contributed by atoms with van der Waals surface area (Å²) in [6, 6.07) is 10.5. The van der Waals surface area contributed by atoms with E-state index in [4.69, 9.17) is 5.73 Å². The lowest BCUT2D eigenvalue weighted by atomic mass is 10.2. The summed E-state index contributed by atoms with van der Waals surface area (Å²) in [6.07, 6.45) is 2.98. The van der Waals surface area contributed by atoms with E-state index in [1.807, 2.05) is 10.9 Å². The molecule has 0 saturated heterocycles. The number of hydrogen-bond acceptors (Lipinski definition) is 3. The Morgan fingerprint density at radius 2 is 2.17 bits per heavy atom. The van der Waals surface area contributed by atoms with Gasteiger partial charge in [0.2, 0.25) is 0 Å². The Bertz CT molecular complexity index is 648. The zero-order valence-electron chi connectivity index (χ0n) is 10.3. The Morgan fingerprint density at radius 3 is 2.94 bits per heavy atom. The largest absolute Gasteiger partial charge is 0.396 e. The maximum atomic E-state index is 6.05. The van der Waals surface area contributed by atoms with Gasteiger partial charge in [0.05, 0.1) is 10.6 Å². The van der Waals surface area contributed by atoms with E-state index in [9.17, 15) is 0 Å². The number of nitrogens with two attached hydrogens (primary N) is 1. The SMILES string of the molecule is CCCn1cc(N)c(-c2cc3ccccc3s2)n1. The van der Waals surface area contributed by atoms with E-state index in [-0.39, 0.29) is 0 Å². The van der Waals surface area contributed by atoms with Gasteiger partial charge in [0.15, 0.2) is 0 Å². The summed E-state index contributed by atoms with van der Waals surface area (Å²) >= 11 is 1.74. The molecule has 0 spiro atoms. The van der Waals surface area contributed by atoms with Gasteiger partial charge in [0, 0.05) is 17.4 Å². The third-order valence-electron chi connectivity index (χ3n) is 2.90. The molecule has 0 atom stereocenters. The van der Waals surface area contributed by atoms with Crippen molar-refractivity contribution >= 4 is 27.1 Å². The Hall–Kier alpha value is -1.81. The number of thiophene rings is 1. The average molecular weight is 257 g/mol. The van der Waals surface area contributed by atoms with Crippen LogP contribution < -0.4 is 5.73 Å². The standard InChI is InChI=1S/C14H15N3S/c1-2-7-17-9-11(15)14(16-17)13-8-10-5-3-4-6-12(10)18-13/h3-6,8-9H,2,7,15H2,1H3. The number of fused-ring (bicyclic) bond motifs is 1. The Kier molecular flexibility index (Phi) is 2.80. The Labute approximate surface area is 110 Å². The monoisotopic (exact) mass is 257 g/mol. The van der Waals surface area contributed by atoms with Gasteiger partial charge in [-0.3, -0.25) is 4.68 Å². The summed E-state index contributed by atoms with van der Waals surface area (Å²) in [5, 5.41) is 5.82. The van der Waals surface area contributed by atoms with Crippen LogP contribution in [0.2, 0.25) is 0 Å². The lowest BCUT2D eigenvalue weighted by Gasteiger charge is -1.94. The molecule has 92 valence electrons. The smallest absolute Gasteiger partial charge is 0.125 e. The molecule has 0 fully saturated rings. The van der Waals surface area contributed by atoms with Crippen LogP contribution in [0.15, 0.2) is 36.5 Å². The van der Waals surface area contributed by atoms with Gasteiger partial charge in [-0.1, -0.05) is 25.1 Å². The molecule has 0 bridgehead atoms. The van der Waals surface area contributed by atoms with Crippen molar-refractivity contribution in [2.75, 3.05) is 5.73 Å². The zero-order valence-corrected chi connectivity index (χ0v) is 11.1. The van der Waals surface area contributed by atoms with Gasteiger partial charge in [0.25, 0.3) is 0 Å². The van der Waals surface area contributed by atoms with Gasteiger partial charge in [-0.05, 0) is 23.9 Å². The molecule has 18 heavy (non-hydrogen) atoms. The van der Waals surface area contributed by atoms with Crippen LogP contribution in [0.4, 0.5) is 5.69 Å². The molecule has 2 heterocycles. The molecule has 1 aromatic carbocycles. The van der Waals surface area contributed by atoms with E-state index in [0.717, 1.165) is 29.2 Å². The maximum absolute atomic E-state index is 6.05. The summed E-state index contributed by atoms with van der Waals surface area (Å²) in [5.41, 5.74) is 7.72. The number of hydrogen-bond donors (Lipinski definition) is 1. The number of aryl methyl sites for hydroxylation is 1. The summed E-state index contributed by atoms with van der Waals surface area (Å²) in [7, 11) is 0. The highest BCUT2D eigenvalue weighted by molar-refractivity contribution is 7.22. The van der Waals surface area contributed by atoms with Gasteiger partial charge in [-0.15, -0.1) is 11.3 Å². The molecule has 0 unspecified atom stereocenters. The second kappa shape index (κ2) is 4.46. The maximum Gasteiger partial charge on any atom is 0.125 e. The van der Waals surface area contributed by atoms with Gasteiger partial charge >= 0.3 is 0 Å².